The Bertz CT molecular complexity index is 967. The molecule has 4 rings (SSSR count). The first-order valence-corrected chi connectivity index (χ1v) is 9.42. The molecule has 8 heteroatoms. The third-order valence-electron chi connectivity index (χ3n) is 5.02. The molecule has 0 saturated carbocycles. The Balaban J connectivity index is 1.43. The monoisotopic (exact) mass is 393 g/mol. The van der Waals surface area contributed by atoms with Crippen LogP contribution in [0.3, 0.4) is 0 Å². The van der Waals surface area contributed by atoms with Crippen LogP contribution in [0.4, 0.5) is 5.69 Å². The molecule has 1 N–H and O–H groups in total. The van der Waals surface area contributed by atoms with Gasteiger partial charge in [-0.3, -0.25) is 4.79 Å². The molecule has 1 fully saturated rings. The Kier molecular flexibility index (Phi) is 5.33. The van der Waals surface area contributed by atoms with Crippen molar-refractivity contribution < 1.29 is 14.3 Å². The number of methoxy groups -OCH3 is 2. The molecule has 1 amide bonds. The number of carbonyl (C=O) groups is 1. The molecule has 2 heterocycles. The zero-order chi connectivity index (χ0) is 20.2. The van der Waals surface area contributed by atoms with E-state index in [9.17, 15) is 4.79 Å². The van der Waals surface area contributed by atoms with E-state index in [-0.39, 0.29) is 11.9 Å². The summed E-state index contributed by atoms with van der Waals surface area (Å²) in [6, 6.07) is 13.2. The van der Waals surface area contributed by atoms with Crippen molar-refractivity contribution in [3.63, 3.8) is 0 Å². The van der Waals surface area contributed by atoms with Gasteiger partial charge in [-0.15, -0.1) is 5.10 Å². The van der Waals surface area contributed by atoms with Gasteiger partial charge in [-0.25, -0.2) is 4.68 Å². The lowest BCUT2D eigenvalue weighted by Crippen LogP contribution is -2.37. The van der Waals surface area contributed by atoms with Gasteiger partial charge in [0.25, 0.3) is 5.91 Å². The summed E-state index contributed by atoms with van der Waals surface area (Å²) in [5.41, 5.74) is 2.41. The van der Waals surface area contributed by atoms with E-state index in [0.717, 1.165) is 42.4 Å². The Morgan fingerprint density at radius 2 is 1.90 bits per heavy atom. The standard InChI is InChI=1S/C21H23N5O3/c1-28-19-11-18(12-20(13-19)29-2)25-8-6-16(14-25)23-21(27)15-4-3-5-17(10-15)26-9-7-22-24-26/h3-5,7,9-13,16H,6,8,14H2,1-2H3,(H,23,27). The highest BCUT2D eigenvalue weighted by Crippen LogP contribution is 2.30. The van der Waals surface area contributed by atoms with Crippen LogP contribution in [0.25, 0.3) is 5.69 Å². The van der Waals surface area contributed by atoms with E-state index in [4.69, 9.17) is 9.47 Å². The summed E-state index contributed by atoms with van der Waals surface area (Å²) < 4.78 is 12.3. The average molecular weight is 393 g/mol. The largest absolute Gasteiger partial charge is 0.497 e. The van der Waals surface area contributed by atoms with E-state index in [1.54, 1.807) is 37.4 Å². The van der Waals surface area contributed by atoms with Gasteiger partial charge in [0.15, 0.2) is 0 Å². The van der Waals surface area contributed by atoms with Crippen LogP contribution < -0.4 is 19.7 Å². The van der Waals surface area contributed by atoms with Crippen molar-refractivity contribution in [1.82, 2.24) is 20.3 Å². The molecule has 0 bridgehead atoms. The Morgan fingerprint density at radius 1 is 1.10 bits per heavy atom. The highest BCUT2D eigenvalue weighted by atomic mass is 16.5. The van der Waals surface area contributed by atoms with Crippen molar-refractivity contribution in [2.24, 2.45) is 0 Å². The predicted molar refractivity (Wildman–Crippen MR) is 109 cm³/mol. The molecule has 1 saturated heterocycles. The summed E-state index contributed by atoms with van der Waals surface area (Å²) in [5.74, 6) is 1.40. The summed E-state index contributed by atoms with van der Waals surface area (Å²) in [5, 5.41) is 10.9. The van der Waals surface area contributed by atoms with E-state index in [1.165, 1.54) is 0 Å². The van der Waals surface area contributed by atoms with E-state index >= 15 is 0 Å². The highest BCUT2D eigenvalue weighted by Gasteiger charge is 2.25. The van der Waals surface area contributed by atoms with Gasteiger partial charge in [0.2, 0.25) is 0 Å². The van der Waals surface area contributed by atoms with Gasteiger partial charge in [-0.1, -0.05) is 11.3 Å². The first kappa shape index (κ1) is 18.8. The van der Waals surface area contributed by atoms with Crippen molar-refractivity contribution in [3.8, 4) is 17.2 Å². The minimum atomic E-state index is -0.0953. The topological polar surface area (TPSA) is 81.5 Å². The van der Waals surface area contributed by atoms with Gasteiger partial charge in [-0.2, -0.15) is 0 Å². The summed E-state index contributed by atoms with van der Waals surface area (Å²) in [6.07, 6.45) is 4.22. The number of ether oxygens (including phenoxy) is 2. The third-order valence-corrected chi connectivity index (χ3v) is 5.02. The molecule has 2 aromatic carbocycles. The van der Waals surface area contributed by atoms with Crippen LogP contribution in [0.15, 0.2) is 54.9 Å². The number of hydrogen-bond acceptors (Lipinski definition) is 6. The van der Waals surface area contributed by atoms with Gasteiger partial charge >= 0.3 is 0 Å². The van der Waals surface area contributed by atoms with Crippen molar-refractivity contribution in [3.05, 3.63) is 60.4 Å². The molecule has 3 aromatic rings. The Labute approximate surface area is 169 Å². The molecule has 1 atom stereocenters. The second-order valence-electron chi connectivity index (χ2n) is 6.87. The van der Waals surface area contributed by atoms with E-state index in [0.29, 0.717) is 5.56 Å². The van der Waals surface area contributed by atoms with Gasteiger partial charge < -0.3 is 19.7 Å². The molecule has 1 aromatic heterocycles. The van der Waals surface area contributed by atoms with Gasteiger partial charge in [-0.05, 0) is 24.6 Å². The smallest absolute Gasteiger partial charge is 0.251 e. The third kappa shape index (κ3) is 4.16. The number of hydrogen-bond donors (Lipinski definition) is 1. The van der Waals surface area contributed by atoms with Crippen LogP contribution in [0.1, 0.15) is 16.8 Å². The molecule has 1 unspecified atom stereocenters. The lowest BCUT2D eigenvalue weighted by atomic mass is 10.1. The minimum Gasteiger partial charge on any atom is -0.497 e. The lowest BCUT2D eigenvalue weighted by Gasteiger charge is -2.20. The summed E-state index contributed by atoms with van der Waals surface area (Å²) in [4.78, 5) is 15.0. The van der Waals surface area contributed by atoms with E-state index < -0.39 is 0 Å². The maximum absolute atomic E-state index is 12.8. The SMILES string of the molecule is COc1cc(OC)cc(N2CCC(NC(=O)c3cccc(-n4ccnn4)c3)C2)c1. The number of rotatable bonds is 6. The van der Waals surface area contributed by atoms with Crippen molar-refractivity contribution in [2.45, 2.75) is 12.5 Å². The molecule has 29 heavy (non-hydrogen) atoms. The first-order chi connectivity index (χ1) is 14.2. The maximum atomic E-state index is 12.8. The molecule has 0 aliphatic carbocycles. The van der Waals surface area contributed by atoms with E-state index in [1.807, 2.05) is 36.4 Å². The van der Waals surface area contributed by atoms with Crippen molar-refractivity contribution >= 4 is 11.6 Å². The highest BCUT2D eigenvalue weighted by molar-refractivity contribution is 5.95. The quantitative estimate of drug-likeness (QED) is 0.692. The fraction of sp³-hybridized carbons (Fsp3) is 0.286. The normalized spacial score (nSPS) is 15.9. The molecule has 1 aliphatic heterocycles. The summed E-state index contributed by atoms with van der Waals surface area (Å²) in [7, 11) is 3.28. The zero-order valence-corrected chi connectivity index (χ0v) is 16.4. The number of anilines is 1. The lowest BCUT2D eigenvalue weighted by molar-refractivity contribution is 0.0940. The van der Waals surface area contributed by atoms with Crippen LogP contribution in [-0.2, 0) is 0 Å². The van der Waals surface area contributed by atoms with Gasteiger partial charge in [0.05, 0.1) is 32.3 Å². The molecule has 1 aliphatic rings. The van der Waals surface area contributed by atoms with Crippen LogP contribution in [0.2, 0.25) is 0 Å². The second kappa shape index (κ2) is 8.22. The van der Waals surface area contributed by atoms with Crippen molar-refractivity contribution in [2.75, 3.05) is 32.2 Å². The van der Waals surface area contributed by atoms with Crippen LogP contribution >= 0.6 is 0 Å². The number of carbonyl (C=O) groups excluding carboxylic acids is 1. The van der Waals surface area contributed by atoms with Gasteiger partial charge in [0.1, 0.15) is 11.5 Å². The molecule has 8 nitrogen and oxygen atoms in total. The van der Waals surface area contributed by atoms with Crippen LogP contribution in [0.5, 0.6) is 11.5 Å². The average Bonchev–Trinajstić information content (AvgIpc) is 3.46. The van der Waals surface area contributed by atoms with Gasteiger partial charge in [0, 0.05) is 48.6 Å². The maximum Gasteiger partial charge on any atom is 0.251 e. The molecule has 0 radical (unpaired) electrons. The number of benzene rings is 2. The van der Waals surface area contributed by atoms with Crippen LogP contribution in [-0.4, -0.2) is 54.3 Å². The molecule has 0 spiro atoms. The number of nitrogens with one attached hydrogen (secondary N) is 1. The fourth-order valence-electron chi connectivity index (χ4n) is 3.49. The molecular formula is C21H23N5O3. The fourth-order valence-corrected chi connectivity index (χ4v) is 3.49. The predicted octanol–water partition coefficient (Wildman–Crippen LogP) is 2.29. The minimum absolute atomic E-state index is 0.0646. The number of amides is 1. The van der Waals surface area contributed by atoms with E-state index in [2.05, 4.69) is 20.5 Å². The number of aromatic nitrogens is 3. The zero-order valence-electron chi connectivity index (χ0n) is 16.4. The number of nitrogens with zero attached hydrogens (tertiary/aromatic N) is 4. The molecule has 150 valence electrons. The molecular weight excluding hydrogens is 370 g/mol. The Hall–Kier alpha value is -3.55. The summed E-state index contributed by atoms with van der Waals surface area (Å²) in [6.45, 7) is 1.57. The Morgan fingerprint density at radius 3 is 2.59 bits per heavy atom. The van der Waals surface area contributed by atoms with Crippen molar-refractivity contribution in [1.29, 1.82) is 0 Å². The van der Waals surface area contributed by atoms with Crippen LogP contribution in [0, 0.1) is 0 Å². The summed E-state index contributed by atoms with van der Waals surface area (Å²) >= 11 is 0. The second-order valence-corrected chi connectivity index (χ2v) is 6.87. The first-order valence-electron chi connectivity index (χ1n) is 9.42.